The van der Waals surface area contributed by atoms with Gasteiger partial charge in [-0.25, -0.2) is 0 Å². The third-order valence-electron chi connectivity index (χ3n) is 4.09. The monoisotopic (exact) mass is 279 g/mol. The lowest BCUT2D eigenvalue weighted by Crippen LogP contribution is -2.50. The first-order valence-electron chi connectivity index (χ1n) is 6.91. The van der Waals surface area contributed by atoms with E-state index in [9.17, 15) is 4.79 Å². The van der Waals surface area contributed by atoms with Crippen LogP contribution in [0.1, 0.15) is 37.0 Å². The lowest BCUT2D eigenvalue weighted by molar-refractivity contribution is 0.0656. The summed E-state index contributed by atoms with van der Waals surface area (Å²) in [5.74, 6) is 1.33. The summed E-state index contributed by atoms with van der Waals surface area (Å²) >= 11 is 0. The Morgan fingerprint density at radius 2 is 1.65 bits per heavy atom. The summed E-state index contributed by atoms with van der Waals surface area (Å²) in [5, 5.41) is 0. The molecule has 20 heavy (non-hydrogen) atoms. The molecule has 0 amide bonds. The first kappa shape index (κ1) is 16.5. The van der Waals surface area contributed by atoms with Gasteiger partial charge in [-0.15, -0.1) is 0 Å². The maximum absolute atomic E-state index is 12.9. The molecule has 4 heteroatoms. The van der Waals surface area contributed by atoms with Crippen LogP contribution >= 0.6 is 0 Å². The summed E-state index contributed by atoms with van der Waals surface area (Å²) in [6, 6.07) is 5.33. The fourth-order valence-corrected chi connectivity index (χ4v) is 2.65. The van der Waals surface area contributed by atoms with Crippen LogP contribution in [0.3, 0.4) is 0 Å². The predicted molar refractivity (Wildman–Crippen MR) is 80.9 cm³/mol. The summed E-state index contributed by atoms with van der Waals surface area (Å²) in [5.41, 5.74) is 0.180. The molecule has 0 radical (unpaired) electrons. The molecule has 0 saturated carbocycles. The Labute approximate surface area is 121 Å². The van der Waals surface area contributed by atoms with E-state index in [1.807, 2.05) is 32.8 Å². The van der Waals surface area contributed by atoms with Crippen LogP contribution in [0.25, 0.3) is 0 Å². The number of likely N-dealkylation sites (N-methyl/N-ethyl adjacent to an activating group) is 1. The van der Waals surface area contributed by atoms with Gasteiger partial charge in [0.15, 0.2) is 17.3 Å². The zero-order valence-corrected chi connectivity index (χ0v) is 13.3. The van der Waals surface area contributed by atoms with Gasteiger partial charge in [0.25, 0.3) is 0 Å². The summed E-state index contributed by atoms with van der Waals surface area (Å²) in [6.07, 6.45) is 1.54. The van der Waals surface area contributed by atoms with Crippen LogP contribution in [-0.2, 0) is 0 Å². The van der Waals surface area contributed by atoms with E-state index in [0.29, 0.717) is 17.1 Å². The van der Waals surface area contributed by atoms with Gasteiger partial charge in [-0.2, -0.15) is 0 Å². The standard InChI is InChI=1S/C16H25NO3/c1-7-16(8-2,17(3)4)15(18)12-9-10-13(19-5)14(11-12)20-6/h9-11H,7-8H2,1-6H3. The zero-order valence-electron chi connectivity index (χ0n) is 13.3. The maximum atomic E-state index is 12.9. The Morgan fingerprint density at radius 3 is 2.05 bits per heavy atom. The number of carbonyl (C=O) groups excluding carboxylic acids is 1. The number of nitrogens with zero attached hydrogens (tertiary/aromatic N) is 1. The van der Waals surface area contributed by atoms with Crippen molar-refractivity contribution < 1.29 is 14.3 Å². The number of Topliss-reactive ketones (excluding diaryl/α,β-unsaturated/α-hetero) is 1. The van der Waals surface area contributed by atoms with Crippen LogP contribution < -0.4 is 9.47 Å². The lowest BCUT2D eigenvalue weighted by atomic mass is 9.83. The smallest absolute Gasteiger partial charge is 0.183 e. The highest BCUT2D eigenvalue weighted by Gasteiger charge is 2.37. The van der Waals surface area contributed by atoms with E-state index in [2.05, 4.69) is 0 Å². The van der Waals surface area contributed by atoms with E-state index in [-0.39, 0.29) is 5.78 Å². The average molecular weight is 279 g/mol. The van der Waals surface area contributed by atoms with Crippen LogP contribution in [0.4, 0.5) is 0 Å². The fourth-order valence-electron chi connectivity index (χ4n) is 2.65. The minimum atomic E-state index is -0.473. The summed E-state index contributed by atoms with van der Waals surface area (Å²) in [4.78, 5) is 14.9. The molecule has 0 N–H and O–H groups in total. The number of hydrogen-bond donors (Lipinski definition) is 0. The molecule has 0 heterocycles. The molecule has 0 unspecified atom stereocenters. The Morgan fingerprint density at radius 1 is 1.10 bits per heavy atom. The van der Waals surface area contributed by atoms with Gasteiger partial charge in [-0.05, 0) is 45.1 Å². The highest BCUT2D eigenvalue weighted by molar-refractivity contribution is 6.03. The maximum Gasteiger partial charge on any atom is 0.183 e. The number of ether oxygens (including phenoxy) is 2. The van der Waals surface area contributed by atoms with Crippen LogP contribution in [0.15, 0.2) is 18.2 Å². The molecule has 0 fully saturated rings. The van der Waals surface area contributed by atoms with E-state index in [1.165, 1.54) is 0 Å². The van der Waals surface area contributed by atoms with E-state index in [4.69, 9.17) is 9.47 Å². The largest absolute Gasteiger partial charge is 0.493 e. The average Bonchev–Trinajstić information content (AvgIpc) is 2.47. The van der Waals surface area contributed by atoms with Gasteiger partial charge in [0.05, 0.1) is 19.8 Å². The molecule has 0 aliphatic heterocycles. The predicted octanol–water partition coefficient (Wildman–Crippen LogP) is 3.01. The van der Waals surface area contributed by atoms with Crippen LogP contribution in [-0.4, -0.2) is 44.5 Å². The molecule has 0 aliphatic carbocycles. The lowest BCUT2D eigenvalue weighted by Gasteiger charge is -2.37. The van der Waals surface area contributed by atoms with Crippen LogP contribution in [0.5, 0.6) is 11.5 Å². The van der Waals surface area contributed by atoms with E-state index < -0.39 is 5.54 Å². The second-order valence-electron chi connectivity index (χ2n) is 5.03. The van der Waals surface area contributed by atoms with Crippen molar-refractivity contribution in [3.63, 3.8) is 0 Å². The first-order chi connectivity index (χ1) is 9.46. The van der Waals surface area contributed by atoms with Crippen molar-refractivity contribution in [2.75, 3.05) is 28.3 Å². The van der Waals surface area contributed by atoms with Gasteiger partial charge in [-0.3, -0.25) is 9.69 Å². The van der Waals surface area contributed by atoms with Crippen molar-refractivity contribution >= 4 is 5.78 Å². The van der Waals surface area contributed by atoms with Gasteiger partial charge in [0.1, 0.15) is 0 Å². The van der Waals surface area contributed by atoms with E-state index in [0.717, 1.165) is 12.8 Å². The number of methoxy groups -OCH3 is 2. The van der Waals surface area contributed by atoms with Crippen molar-refractivity contribution in [1.82, 2.24) is 4.90 Å². The highest BCUT2D eigenvalue weighted by atomic mass is 16.5. The molecule has 4 nitrogen and oxygen atoms in total. The SMILES string of the molecule is CCC(CC)(C(=O)c1ccc(OC)c(OC)c1)N(C)C. The number of rotatable bonds is 7. The van der Waals surface area contributed by atoms with Crippen LogP contribution in [0, 0.1) is 0 Å². The molecule has 0 bridgehead atoms. The Kier molecular flexibility index (Phi) is 5.57. The van der Waals surface area contributed by atoms with E-state index >= 15 is 0 Å². The van der Waals surface area contributed by atoms with Crippen molar-refractivity contribution in [1.29, 1.82) is 0 Å². The summed E-state index contributed by atoms with van der Waals surface area (Å²) < 4.78 is 10.5. The summed E-state index contributed by atoms with van der Waals surface area (Å²) in [6.45, 7) is 4.09. The topological polar surface area (TPSA) is 38.8 Å². The first-order valence-corrected chi connectivity index (χ1v) is 6.91. The summed E-state index contributed by atoms with van der Waals surface area (Å²) in [7, 11) is 7.06. The quantitative estimate of drug-likeness (QED) is 0.719. The molecule has 0 saturated heterocycles. The highest BCUT2D eigenvalue weighted by Crippen LogP contribution is 2.32. The Hall–Kier alpha value is -1.55. The van der Waals surface area contributed by atoms with Gasteiger partial charge >= 0.3 is 0 Å². The zero-order chi connectivity index (χ0) is 15.3. The molecular weight excluding hydrogens is 254 g/mol. The number of carbonyl (C=O) groups is 1. The molecule has 1 aromatic carbocycles. The third-order valence-corrected chi connectivity index (χ3v) is 4.09. The van der Waals surface area contributed by atoms with Crippen molar-refractivity contribution in [2.45, 2.75) is 32.2 Å². The molecule has 0 atom stereocenters. The van der Waals surface area contributed by atoms with Gasteiger partial charge in [0, 0.05) is 5.56 Å². The van der Waals surface area contributed by atoms with Gasteiger partial charge in [0.2, 0.25) is 0 Å². The molecule has 1 rings (SSSR count). The molecule has 0 aromatic heterocycles. The second-order valence-corrected chi connectivity index (χ2v) is 5.03. The number of benzene rings is 1. The van der Waals surface area contributed by atoms with E-state index in [1.54, 1.807) is 32.4 Å². The Bertz CT molecular complexity index is 465. The number of hydrogen-bond acceptors (Lipinski definition) is 4. The molecular formula is C16H25NO3. The van der Waals surface area contributed by atoms with Crippen molar-refractivity contribution in [2.24, 2.45) is 0 Å². The molecule has 112 valence electrons. The minimum Gasteiger partial charge on any atom is -0.493 e. The minimum absolute atomic E-state index is 0.119. The fraction of sp³-hybridized carbons (Fsp3) is 0.562. The van der Waals surface area contributed by atoms with Gasteiger partial charge < -0.3 is 9.47 Å². The third kappa shape index (κ3) is 2.80. The van der Waals surface area contributed by atoms with Crippen LogP contribution in [0.2, 0.25) is 0 Å². The number of ketones is 1. The van der Waals surface area contributed by atoms with Crippen molar-refractivity contribution in [3.8, 4) is 11.5 Å². The van der Waals surface area contributed by atoms with Crippen molar-refractivity contribution in [3.05, 3.63) is 23.8 Å². The molecule has 1 aromatic rings. The molecule has 0 spiro atoms. The van der Waals surface area contributed by atoms with Gasteiger partial charge in [-0.1, -0.05) is 13.8 Å². The normalized spacial score (nSPS) is 11.6. The molecule has 0 aliphatic rings. The second kappa shape index (κ2) is 6.75. The Balaban J connectivity index is 3.26.